The van der Waals surface area contributed by atoms with Crippen molar-refractivity contribution in [3.8, 4) is 0 Å². The second kappa shape index (κ2) is 4.55. The standard InChI is InChI=1S/C9H7BrClIN2O/c10-5-3-7(15)14(4-5)6-1-2-13-9(11)8(6)12/h1-2,5H,3-4H2. The van der Waals surface area contributed by atoms with E-state index in [1.54, 1.807) is 11.1 Å². The first-order valence-electron chi connectivity index (χ1n) is 4.34. The highest BCUT2D eigenvalue weighted by Gasteiger charge is 2.30. The van der Waals surface area contributed by atoms with Gasteiger partial charge in [0, 0.05) is 24.0 Å². The number of amides is 1. The number of anilines is 1. The number of alkyl halides is 1. The van der Waals surface area contributed by atoms with Gasteiger partial charge in [0.2, 0.25) is 5.91 Å². The first kappa shape index (κ1) is 11.6. The normalized spacial score (nSPS) is 21.1. The Hall–Kier alpha value is 0.120. The summed E-state index contributed by atoms with van der Waals surface area (Å²) in [6.45, 7) is 0.690. The van der Waals surface area contributed by atoms with Crippen LogP contribution >= 0.6 is 50.1 Å². The van der Waals surface area contributed by atoms with Crippen molar-refractivity contribution in [2.24, 2.45) is 0 Å². The lowest BCUT2D eigenvalue weighted by atomic mass is 10.3. The molecular weight excluding hydrogens is 394 g/mol. The minimum Gasteiger partial charge on any atom is -0.310 e. The smallest absolute Gasteiger partial charge is 0.228 e. The number of hydrogen-bond acceptors (Lipinski definition) is 2. The predicted octanol–water partition coefficient (Wildman–Crippen LogP) is 2.84. The van der Waals surface area contributed by atoms with Crippen LogP contribution in [0.3, 0.4) is 0 Å². The first-order chi connectivity index (χ1) is 7.09. The zero-order chi connectivity index (χ0) is 11.0. The summed E-state index contributed by atoms with van der Waals surface area (Å²) in [5.74, 6) is 0.122. The van der Waals surface area contributed by atoms with Crippen molar-refractivity contribution in [3.63, 3.8) is 0 Å². The lowest BCUT2D eigenvalue weighted by molar-refractivity contribution is -0.117. The highest BCUT2D eigenvalue weighted by atomic mass is 127. The van der Waals surface area contributed by atoms with Crippen molar-refractivity contribution in [3.05, 3.63) is 21.0 Å². The Morgan fingerprint density at radius 3 is 3.00 bits per heavy atom. The van der Waals surface area contributed by atoms with Gasteiger partial charge in [-0.3, -0.25) is 4.79 Å². The fourth-order valence-electron chi connectivity index (χ4n) is 1.51. The number of hydrogen-bond donors (Lipinski definition) is 0. The van der Waals surface area contributed by atoms with E-state index in [1.165, 1.54) is 0 Å². The van der Waals surface area contributed by atoms with Gasteiger partial charge in [-0.1, -0.05) is 27.5 Å². The van der Waals surface area contributed by atoms with E-state index < -0.39 is 0 Å². The van der Waals surface area contributed by atoms with Crippen LogP contribution in [0.4, 0.5) is 5.69 Å². The van der Waals surface area contributed by atoms with Crippen LogP contribution in [0.1, 0.15) is 6.42 Å². The molecule has 1 atom stereocenters. The van der Waals surface area contributed by atoms with Gasteiger partial charge in [0.05, 0.1) is 9.26 Å². The Bertz CT molecular complexity index is 415. The summed E-state index contributed by atoms with van der Waals surface area (Å²) in [6, 6.07) is 1.82. The molecule has 3 nitrogen and oxygen atoms in total. The zero-order valence-corrected chi connectivity index (χ0v) is 12.1. The minimum atomic E-state index is 0.122. The number of nitrogens with zero attached hydrogens (tertiary/aromatic N) is 2. The molecule has 80 valence electrons. The predicted molar refractivity (Wildman–Crippen MR) is 71.6 cm³/mol. The highest BCUT2D eigenvalue weighted by Crippen LogP contribution is 2.31. The number of pyridine rings is 1. The molecule has 1 saturated heterocycles. The van der Waals surface area contributed by atoms with Gasteiger partial charge < -0.3 is 4.90 Å². The summed E-state index contributed by atoms with van der Waals surface area (Å²) < 4.78 is 0.826. The van der Waals surface area contributed by atoms with E-state index in [1.807, 2.05) is 6.07 Å². The Morgan fingerprint density at radius 1 is 1.67 bits per heavy atom. The van der Waals surface area contributed by atoms with Crippen molar-refractivity contribution in [2.75, 3.05) is 11.4 Å². The third-order valence-corrected chi connectivity index (χ3v) is 4.48. The summed E-state index contributed by atoms with van der Waals surface area (Å²) in [5, 5.41) is 0.443. The van der Waals surface area contributed by atoms with E-state index in [0.29, 0.717) is 18.1 Å². The molecule has 1 aliphatic rings. The monoisotopic (exact) mass is 400 g/mol. The van der Waals surface area contributed by atoms with Crippen molar-refractivity contribution in [1.29, 1.82) is 0 Å². The first-order valence-corrected chi connectivity index (χ1v) is 6.71. The SMILES string of the molecule is O=C1CC(Br)CN1c1ccnc(Cl)c1I. The number of aromatic nitrogens is 1. The summed E-state index contributed by atoms with van der Waals surface area (Å²) in [4.78, 5) is 17.6. The van der Waals surface area contributed by atoms with Crippen LogP contribution in [-0.4, -0.2) is 22.3 Å². The minimum absolute atomic E-state index is 0.122. The largest absolute Gasteiger partial charge is 0.310 e. The Morgan fingerprint density at radius 2 is 2.40 bits per heavy atom. The molecule has 0 aliphatic carbocycles. The fraction of sp³-hybridized carbons (Fsp3) is 0.333. The third kappa shape index (κ3) is 2.29. The van der Waals surface area contributed by atoms with Crippen LogP contribution in [0.2, 0.25) is 5.15 Å². The maximum atomic E-state index is 11.7. The van der Waals surface area contributed by atoms with Gasteiger partial charge in [-0.2, -0.15) is 0 Å². The topological polar surface area (TPSA) is 33.2 Å². The van der Waals surface area contributed by atoms with E-state index in [2.05, 4.69) is 43.5 Å². The van der Waals surface area contributed by atoms with Crippen LogP contribution in [0.15, 0.2) is 12.3 Å². The van der Waals surface area contributed by atoms with Crippen molar-refractivity contribution >= 4 is 61.7 Å². The van der Waals surface area contributed by atoms with Crippen LogP contribution in [0.25, 0.3) is 0 Å². The molecule has 0 aromatic carbocycles. The van der Waals surface area contributed by atoms with Crippen molar-refractivity contribution < 1.29 is 4.79 Å². The van der Waals surface area contributed by atoms with Gasteiger partial charge in [-0.05, 0) is 28.7 Å². The summed E-state index contributed by atoms with van der Waals surface area (Å²) in [5.41, 5.74) is 0.850. The number of carbonyl (C=O) groups is 1. The van der Waals surface area contributed by atoms with Gasteiger partial charge >= 0.3 is 0 Å². The van der Waals surface area contributed by atoms with E-state index in [9.17, 15) is 4.79 Å². The van der Waals surface area contributed by atoms with Crippen LogP contribution in [0.5, 0.6) is 0 Å². The zero-order valence-electron chi connectivity index (χ0n) is 7.58. The molecule has 0 saturated carbocycles. The molecule has 1 amide bonds. The lowest BCUT2D eigenvalue weighted by Gasteiger charge is -2.17. The molecular formula is C9H7BrClIN2O. The molecule has 0 bridgehead atoms. The summed E-state index contributed by atoms with van der Waals surface area (Å²) in [7, 11) is 0. The molecule has 0 spiro atoms. The summed E-state index contributed by atoms with van der Waals surface area (Å²) in [6.07, 6.45) is 2.16. The molecule has 6 heteroatoms. The van der Waals surface area contributed by atoms with Crippen molar-refractivity contribution in [2.45, 2.75) is 11.2 Å². The van der Waals surface area contributed by atoms with Gasteiger partial charge in [-0.25, -0.2) is 4.98 Å². The molecule has 1 unspecified atom stereocenters. The molecule has 1 aromatic rings. The van der Waals surface area contributed by atoms with Crippen molar-refractivity contribution in [1.82, 2.24) is 4.98 Å². The molecule has 2 heterocycles. The van der Waals surface area contributed by atoms with E-state index in [-0.39, 0.29) is 10.7 Å². The maximum Gasteiger partial charge on any atom is 0.228 e. The quantitative estimate of drug-likeness (QED) is 0.412. The Balaban J connectivity index is 2.38. The number of carbonyl (C=O) groups excluding carboxylic acids is 1. The number of rotatable bonds is 1. The van der Waals surface area contributed by atoms with Gasteiger partial charge in [0.15, 0.2) is 0 Å². The number of halogens is 3. The molecule has 1 aromatic heterocycles. The van der Waals surface area contributed by atoms with Gasteiger partial charge in [0.1, 0.15) is 5.15 Å². The van der Waals surface area contributed by atoms with E-state index >= 15 is 0 Å². The molecule has 15 heavy (non-hydrogen) atoms. The van der Waals surface area contributed by atoms with Gasteiger partial charge in [-0.15, -0.1) is 0 Å². The van der Waals surface area contributed by atoms with Crippen LogP contribution in [0, 0.1) is 3.57 Å². The Kier molecular flexibility index (Phi) is 3.52. The molecule has 2 rings (SSSR count). The molecule has 0 N–H and O–H groups in total. The summed E-state index contributed by atoms with van der Waals surface area (Å²) >= 11 is 11.5. The van der Waals surface area contributed by atoms with E-state index in [4.69, 9.17) is 11.6 Å². The highest BCUT2D eigenvalue weighted by molar-refractivity contribution is 14.1. The molecule has 1 aliphatic heterocycles. The average molecular weight is 401 g/mol. The van der Waals surface area contributed by atoms with Crippen LogP contribution in [-0.2, 0) is 4.79 Å². The average Bonchev–Trinajstić information content (AvgIpc) is 2.50. The second-order valence-corrected chi connectivity index (χ2v) is 5.97. The molecule has 1 fully saturated rings. The second-order valence-electron chi connectivity index (χ2n) is 3.24. The third-order valence-electron chi connectivity index (χ3n) is 2.19. The molecule has 0 radical (unpaired) electrons. The lowest BCUT2D eigenvalue weighted by Crippen LogP contribution is -2.25. The van der Waals surface area contributed by atoms with Crippen LogP contribution < -0.4 is 4.90 Å². The Labute approximate surface area is 114 Å². The van der Waals surface area contributed by atoms with Gasteiger partial charge in [0.25, 0.3) is 0 Å². The maximum absolute atomic E-state index is 11.7. The van der Waals surface area contributed by atoms with E-state index in [0.717, 1.165) is 9.26 Å². The fourth-order valence-corrected chi connectivity index (χ4v) is 2.84.